The molecule has 13 heteroatoms. The van der Waals surface area contributed by atoms with Crippen molar-refractivity contribution < 1.29 is 38.7 Å². The van der Waals surface area contributed by atoms with Crippen molar-refractivity contribution in [3.05, 3.63) is 68.2 Å². The van der Waals surface area contributed by atoms with Crippen molar-refractivity contribution in [2.45, 2.75) is 26.9 Å². The SMILES string of the molecule is CCn1cc(C(=O)[O-])c(=O)c2cc3c(cc21)OCO3.CCn1cc(C(=O)[O-])c(=O)c2cc3c(cc21)OCO3.[Ca+2]. The minimum absolute atomic E-state index is 0. The Morgan fingerprint density at radius 3 is 1.33 bits per heavy atom. The van der Waals surface area contributed by atoms with Crippen molar-refractivity contribution in [1.29, 1.82) is 0 Å². The molecule has 6 rings (SSSR count). The molecule has 2 aliphatic heterocycles. The molecule has 0 N–H and O–H groups in total. The molecule has 0 atom stereocenters. The number of nitrogens with zero attached hydrogens (tertiary/aromatic N) is 2. The van der Waals surface area contributed by atoms with Crippen LogP contribution < -0.4 is 40.0 Å². The summed E-state index contributed by atoms with van der Waals surface area (Å²) < 4.78 is 24.3. The number of carbonyl (C=O) groups excluding carboxylic acids is 2. The number of rotatable bonds is 4. The van der Waals surface area contributed by atoms with Crippen molar-refractivity contribution in [3.8, 4) is 23.0 Å². The van der Waals surface area contributed by atoms with E-state index >= 15 is 0 Å². The van der Waals surface area contributed by atoms with Gasteiger partial charge in [-0.15, -0.1) is 0 Å². The maximum Gasteiger partial charge on any atom is 2.00 e. The molecule has 4 heterocycles. The number of aromatic nitrogens is 2. The first-order valence-electron chi connectivity index (χ1n) is 11.6. The van der Waals surface area contributed by atoms with E-state index in [1.54, 1.807) is 21.3 Å². The van der Waals surface area contributed by atoms with Crippen molar-refractivity contribution in [2.75, 3.05) is 13.6 Å². The van der Waals surface area contributed by atoms with Crippen LogP contribution in [0.5, 0.6) is 23.0 Å². The molecule has 4 aromatic rings. The summed E-state index contributed by atoms with van der Waals surface area (Å²) in [6.45, 7) is 4.95. The van der Waals surface area contributed by atoms with Gasteiger partial charge in [0.25, 0.3) is 0 Å². The third kappa shape index (κ3) is 5.02. The first-order valence-corrected chi connectivity index (χ1v) is 11.6. The van der Waals surface area contributed by atoms with Crippen LogP contribution in [0.2, 0.25) is 0 Å². The van der Waals surface area contributed by atoms with Gasteiger partial charge in [-0.1, -0.05) is 0 Å². The molecule has 0 spiro atoms. The monoisotopic (exact) mass is 560 g/mol. The van der Waals surface area contributed by atoms with Gasteiger partial charge in [0, 0.05) is 37.6 Å². The number of benzene rings is 2. The molecule has 0 unspecified atom stereocenters. The Bertz CT molecular complexity index is 1630. The largest absolute Gasteiger partial charge is 2.00 e. The Balaban J connectivity index is 0.000000176. The van der Waals surface area contributed by atoms with E-state index in [0.717, 1.165) is 0 Å². The van der Waals surface area contributed by atoms with Crippen LogP contribution in [0.4, 0.5) is 0 Å². The third-order valence-electron chi connectivity index (χ3n) is 6.27. The number of hydrogen-bond acceptors (Lipinski definition) is 10. The van der Waals surface area contributed by atoms with Crippen LogP contribution in [0.25, 0.3) is 21.8 Å². The summed E-state index contributed by atoms with van der Waals surface area (Å²) in [4.78, 5) is 46.2. The fourth-order valence-electron chi connectivity index (χ4n) is 4.37. The smallest absolute Gasteiger partial charge is 0.545 e. The summed E-state index contributed by atoms with van der Waals surface area (Å²) in [5, 5.41) is 22.5. The van der Waals surface area contributed by atoms with Crippen molar-refractivity contribution >= 4 is 71.5 Å². The Hall–Kier alpha value is -3.74. The predicted molar refractivity (Wildman–Crippen MR) is 134 cm³/mol. The molecule has 0 fully saturated rings. The zero-order chi connectivity index (χ0) is 27.1. The fraction of sp³-hybridized carbons (Fsp3) is 0.231. The number of aryl methyl sites for hydroxylation is 2. The van der Waals surface area contributed by atoms with Gasteiger partial charge in [0.05, 0.1) is 44.9 Å². The van der Waals surface area contributed by atoms with Crippen LogP contribution in [0.15, 0.2) is 46.2 Å². The number of ether oxygens (including phenoxy) is 4. The van der Waals surface area contributed by atoms with Gasteiger partial charge in [-0.05, 0) is 26.0 Å². The summed E-state index contributed by atoms with van der Waals surface area (Å²) in [7, 11) is 0. The minimum Gasteiger partial charge on any atom is -0.545 e. The molecule has 0 bridgehead atoms. The van der Waals surface area contributed by atoms with Gasteiger partial charge in [0.2, 0.25) is 13.6 Å². The van der Waals surface area contributed by atoms with Crippen LogP contribution in [0.3, 0.4) is 0 Å². The van der Waals surface area contributed by atoms with Gasteiger partial charge in [-0.2, -0.15) is 0 Å². The second-order valence-corrected chi connectivity index (χ2v) is 8.34. The quantitative estimate of drug-likeness (QED) is 0.307. The number of aromatic carboxylic acids is 2. The Morgan fingerprint density at radius 2 is 1.03 bits per heavy atom. The second kappa shape index (κ2) is 11.2. The van der Waals surface area contributed by atoms with Gasteiger partial charge in [-0.3, -0.25) is 9.59 Å². The maximum absolute atomic E-state index is 12.1. The van der Waals surface area contributed by atoms with E-state index < -0.39 is 22.8 Å². The average molecular weight is 561 g/mol. The number of carboxylic acids is 2. The first-order chi connectivity index (χ1) is 18.2. The molecule has 2 aromatic heterocycles. The van der Waals surface area contributed by atoms with Crippen LogP contribution in [-0.2, 0) is 13.1 Å². The van der Waals surface area contributed by atoms with Crippen molar-refractivity contribution in [2.24, 2.45) is 0 Å². The maximum atomic E-state index is 12.1. The molecule has 0 saturated carbocycles. The first kappa shape index (κ1) is 28.3. The standard InChI is InChI=1S/2C13H11NO5.Ca/c2*1-2-14-5-8(13(16)17)12(15)7-3-10-11(4-9(7)14)19-6-18-10;/h2*3-5H,2,6H2,1H3,(H,16,17);/q;;+2/p-2. The van der Waals surface area contributed by atoms with E-state index in [9.17, 15) is 29.4 Å². The minimum atomic E-state index is -1.48. The number of carbonyl (C=O) groups is 2. The summed E-state index contributed by atoms with van der Waals surface area (Å²) in [6, 6.07) is 6.39. The Morgan fingerprint density at radius 1 is 0.692 bits per heavy atom. The van der Waals surface area contributed by atoms with Crippen LogP contribution in [0.1, 0.15) is 34.6 Å². The van der Waals surface area contributed by atoms with Gasteiger partial charge in [0.1, 0.15) is 0 Å². The molecule has 0 radical (unpaired) electrons. The summed E-state index contributed by atoms with van der Waals surface area (Å²) >= 11 is 0. The molecule has 0 amide bonds. The van der Waals surface area contributed by atoms with E-state index in [4.69, 9.17) is 18.9 Å². The molecule has 12 nitrogen and oxygen atoms in total. The van der Waals surface area contributed by atoms with E-state index in [1.165, 1.54) is 24.5 Å². The molecular weight excluding hydrogens is 540 g/mol. The van der Waals surface area contributed by atoms with E-state index in [1.807, 2.05) is 13.8 Å². The van der Waals surface area contributed by atoms with Crippen molar-refractivity contribution in [3.63, 3.8) is 0 Å². The van der Waals surface area contributed by atoms with Crippen LogP contribution in [-0.4, -0.2) is 72.4 Å². The number of hydrogen-bond donors (Lipinski definition) is 0. The average Bonchev–Trinajstić information content (AvgIpc) is 3.56. The van der Waals surface area contributed by atoms with E-state index in [-0.39, 0.29) is 73.2 Å². The van der Waals surface area contributed by atoms with Gasteiger partial charge in [-0.25, -0.2) is 0 Å². The predicted octanol–water partition coefficient (Wildman–Crippen LogP) is -0.154. The van der Waals surface area contributed by atoms with Crippen molar-refractivity contribution in [1.82, 2.24) is 9.13 Å². The van der Waals surface area contributed by atoms with Gasteiger partial charge >= 0.3 is 37.7 Å². The topological polar surface area (TPSA) is 161 Å². The summed E-state index contributed by atoms with van der Waals surface area (Å²) in [5.41, 5.74) is -0.624. The van der Waals surface area contributed by atoms with E-state index in [0.29, 0.717) is 47.1 Å². The summed E-state index contributed by atoms with van der Waals surface area (Å²) in [6.07, 6.45) is 2.59. The molecule has 39 heavy (non-hydrogen) atoms. The van der Waals surface area contributed by atoms with Gasteiger partial charge < -0.3 is 47.9 Å². The van der Waals surface area contributed by atoms with Gasteiger partial charge in [0.15, 0.2) is 33.9 Å². The zero-order valence-electron chi connectivity index (χ0n) is 21.0. The molecule has 2 aromatic carbocycles. The second-order valence-electron chi connectivity index (χ2n) is 8.34. The normalized spacial score (nSPS) is 12.6. The zero-order valence-corrected chi connectivity index (χ0v) is 23.2. The Labute approximate surface area is 249 Å². The summed E-state index contributed by atoms with van der Waals surface area (Å²) in [5.74, 6) is -0.963. The molecule has 196 valence electrons. The molecule has 0 saturated heterocycles. The third-order valence-corrected chi connectivity index (χ3v) is 6.27. The number of carboxylic acid groups (broad SMARTS) is 2. The molecule has 0 aliphatic carbocycles. The Kier molecular flexibility index (Phi) is 8.09. The number of fused-ring (bicyclic) bond motifs is 4. The fourth-order valence-corrected chi connectivity index (χ4v) is 4.37. The van der Waals surface area contributed by atoms with Crippen LogP contribution >= 0.6 is 0 Å². The molecule has 2 aliphatic rings. The van der Waals surface area contributed by atoms with E-state index in [2.05, 4.69) is 0 Å². The number of pyridine rings is 2. The molecular formula is C26H20CaN2O10. The van der Waals surface area contributed by atoms with Crippen LogP contribution in [0, 0.1) is 0 Å².